The van der Waals surface area contributed by atoms with Crippen LogP contribution in [0.4, 0.5) is 0 Å². The highest BCUT2D eigenvalue weighted by Gasteiger charge is 2.24. The Labute approximate surface area is 378 Å². The lowest BCUT2D eigenvalue weighted by Crippen LogP contribution is -2.46. The Kier molecular flexibility index (Phi) is 46.6. The van der Waals surface area contributed by atoms with Gasteiger partial charge in [0.2, 0.25) is 5.91 Å². The second-order valence-corrected chi connectivity index (χ2v) is 17.5. The van der Waals surface area contributed by atoms with Crippen LogP contribution < -0.4 is 5.32 Å². The summed E-state index contributed by atoms with van der Waals surface area (Å²) >= 11 is 0. The highest BCUT2D eigenvalue weighted by Crippen LogP contribution is 2.18. The topological polar surface area (TPSA) is 95.9 Å². The number of ether oxygens (including phenoxy) is 1. The number of esters is 1. The number of unbranched alkanes of at least 4 members (excludes halogenated alkanes) is 24. The fourth-order valence-electron chi connectivity index (χ4n) is 7.72. The van der Waals surface area contributed by atoms with E-state index < -0.39 is 18.2 Å². The zero-order valence-electron chi connectivity index (χ0n) is 40.3. The first-order valence-electron chi connectivity index (χ1n) is 26.0. The van der Waals surface area contributed by atoms with Crippen LogP contribution in [0.5, 0.6) is 0 Å². The van der Waals surface area contributed by atoms with Crippen molar-refractivity contribution in [2.45, 2.75) is 270 Å². The number of nitrogens with one attached hydrogen (secondary N) is 1. The number of aliphatic hydroxyl groups is 2. The molecule has 3 N–H and O–H groups in total. The average molecular weight is 854 g/mol. The maximum atomic E-state index is 13.2. The van der Waals surface area contributed by atoms with Gasteiger partial charge in [-0.1, -0.05) is 216 Å². The molecule has 0 fully saturated rings. The maximum absolute atomic E-state index is 13.2. The van der Waals surface area contributed by atoms with Crippen LogP contribution in [0.15, 0.2) is 60.8 Å². The van der Waals surface area contributed by atoms with Crippen LogP contribution in [0, 0.1) is 0 Å². The van der Waals surface area contributed by atoms with E-state index in [1.54, 1.807) is 0 Å². The predicted molar refractivity (Wildman–Crippen MR) is 264 cm³/mol. The van der Waals surface area contributed by atoms with E-state index in [1.807, 2.05) is 0 Å². The lowest BCUT2D eigenvalue weighted by Gasteiger charge is -2.24. The third-order valence-electron chi connectivity index (χ3n) is 11.6. The molecule has 0 radical (unpaired) electrons. The van der Waals surface area contributed by atoms with Crippen molar-refractivity contribution < 1.29 is 24.5 Å². The van der Waals surface area contributed by atoms with Gasteiger partial charge in [-0.3, -0.25) is 9.59 Å². The fourth-order valence-corrected chi connectivity index (χ4v) is 7.72. The quantitative estimate of drug-likeness (QED) is 0.0322. The van der Waals surface area contributed by atoms with Gasteiger partial charge < -0.3 is 20.3 Å². The zero-order valence-corrected chi connectivity index (χ0v) is 40.3. The summed E-state index contributed by atoms with van der Waals surface area (Å²) in [6.07, 6.45) is 60.0. The Balaban J connectivity index is 4.56. The van der Waals surface area contributed by atoms with Gasteiger partial charge in [-0.15, -0.1) is 0 Å². The molecule has 354 valence electrons. The Hall–Kier alpha value is -2.44. The van der Waals surface area contributed by atoms with Crippen molar-refractivity contribution >= 4 is 11.9 Å². The van der Waals surface area contributed by atoms with Crippen LogP contribution in [0.25, 0.3) is 0 Å². The molecule has 3 unspecified atom stereocenters. The summed E-state index contributed by atoms with van der Waals surface area (Å²) in [4.78, 5) is 26.1. The van der Waals surface area contributed by atoms with E-state index >= 15 is 0 Å². The van der Waals surface area contributed by atoms with Crippen molar-refractivity contribution in [1.82, 2.24) is 5.32 Å². The molecular weight excluding hydrogens is 755 g/mol. The Morgan fingerprint density at radius 3 is 1.34 bits per heavy atom. The number of aliphatic hydroxyl groups excluding tert-OH is 2. The third-order valence-corrected chi connectivity index (χ3v) is 11.6. The molecule has 0 aliphatic rings. The monoisotopic (exact) mass is 854 g/mol. The fraction of sp³-hybridized carbons (Fsp3) is 0.782. The van der Waals surface area contributed by atoms with Crippen molar-refractivity contribution in [2.75, 3.05) is 6.61 Å². The number of allylic oxidation sites excluding steroid dienone is 10. The molecule has 1 amide bonds. The number of hydrogen-bond acceptors (Lipinski definition) is 5. The third kappa shape index (κ3) is 44.0. The molecule has 6 heteroatoms. The zero-order chi connectivity index (χ0) is 44.5. The van der Waals surface area contributed by atoms with E-state index in [0.29, 0.717) is 19.3 Å². The molecule has 0 aliphatic carbocycles. The first-order valence-corrected chi connectivity index (χ1v) is 26.0. The molecule has 61 heavy (non-hydrogen) atoms. The second-order valence-electron chi connectivity index (χ2n) is 17.5. The standard InChI is InChI=1S/C55H99NO5/c1-4-7-10-13-16-19-22-25-27-28-29-32-35-38-41-44-47-53(58)52(50-57)56-54(59)49-51(46-43-40-37-34-31-24-21-18-15-12-9-6-3)61-55(60)48-45-42-39-36-33-30-26-23-20-17-14-11-8-5-2/h8-9,11-12,17-18,20-21,26,30,51-53,57-58H,4-7,10,13-16,19,22-25,27-29,31-50H2,1-3H3,(H,56,59)/b11-8+,12-9+,20-17+,21-18+,30-26+. The van der Waals surface area contributed by atoms with E-state index in [0.717, 1.165) is 109 Å². The van der Waals surface area contributed by atoms with Crippen LogP contribution in [-0.4, -0.2) is 46.9 Å². The number of carbonyl (C=O) groups excluding carboxylic acids is 2. The van der Waals surface area contributed by atoms with Gasteiger partial charge in [-0.05, 0) is 83.5 Å². The number of amides is 1. The molecule has 0 rings (SSSR count). The van der Waals surface area contributed by atoms with E-state index in [1.165, 1.54) is 96.3 Å². The van der Waals surface area contributed by atoms with Crippen LogP contribution in [-0.2, 0) is 14.3 Å². The van der Waals surface area contributed by atoms with Gasteiger partial charge in [0.25, 0.3) is 0 Å². The average Bonchev–Trinajstić information content (AvgIpc) is 3.25. The minimum absolute atomic E-state index is 0.0578. The lowest BCUT2D eigenvalue weighted by molar-refractivity contribution is -0.151. The molecule has 6 nitrogen and oxygen atoms in total. The second kappa shape index (κ2) is 48.6. The summed E-state index contributed by atoms with van der Waals surface area (Å²) in [5.41, 5.74) is 0. The van der Waals surface area contributed by atoms with Crippen LogP contribution in [0.1, 0.15) is 252 Å². The normalized spacial score (nSPS) is 13.7. The summed E-state index contributed by atoms with van der Waals surface area (Å²) in [5.74, 6) is -0.513. The van der Waals surface area contributed by atoms with Gasteiger partial charge in [-0.25, -0.2) is 0 Å². The van der Waals surface area contributed by atoms with Gasteiger partial charge in [-0.2, -0.15) is 0 Å². The Morgan fingerprint density at radius 1 is 0.492 bits per heavy atom. The highest BCUT2D eigenvalue weighted by atomic mass is 16.5. The number of carbonyl (C=O) groups is 2. The minimum Gasteiger partial charge on any atom is -0.462 e. The molecule has 0 aromatic heterocycles. The van der Waals surface area contributed by atoms with Crippen LogP contribution in [0.3, 0.4) is 0 Å². The van der Waals surface area contributed by atoms with Gasteiger partial charge in [0, 0.05) is 6.42 Å². The van der Waals surface area contributed by atoms with E-state index in [2.05, 4.69) is 86.8 Å². The molecule has 0 aromatic carbocycles. The van der Waals surface area contributed by atoms with Crippen molar-refractivity contribution in [3.8, 4) is 0 Å². The summed E-state index contributed by atoms with van der Waals surface area (Å²) in [6, 6.07) is -0.712. The summed E-state index contributed by atoms with van der Waals surface area (Å²) in [7, 11) is 0. The van der Waals surface area contributed by atoms with Gasteiger partial charge in [0.05, 0.1) is 25.2 Å². The molecule has 3 atom stereocenters. The molecule has 0 spiro atoms. The first kappa shape index (κ1) is 58.6. The SMILES string of the molecule is CC/C=C/C/C=C/C/C=C/CCCCCCC(=O)OC(CCCCCCC/C=C/C/C=C/CC)CC(=O)NC(CO)C(O)CCCCCCCCCCCCCCCCCC. The molecular formula is C55H99NO5. The number of hydrogen-bond donors (Lipinski definition) is 3. The van der Waals surface area contributed by atoms with Gasteiger partial charge in [0.1, 0.15) is 6.10 Å². The summed E-state index contributed by atoms with van der Waals surface area (Å²) in [6.45, 7) is 6.26. The van der Waals surface area contributed by atoms with Crippen molar-refractivity contribution in [3.63, 3.8) is 0 Å². The van der Waals surface area contributed by atoms with Gasteiger partial charge in [0.15, 0.2) is 0 Å². The van der Waals surface area contributed by atoms with Crippen molar-refractivity contribution in [3.05, 3.63) is 60.8 Å². The minimum atomic E-state index is -0.797. The van der Waals surface area contributed by atoms with Crippen molar-refractivity contribution in [2.24, 2.45) is 0 Å². The summed E-state index contributed by atoms with van der Waals surface area (Å²) in [5, 5.41) is 23.8. The molecule has 0 aliphatic heterocycles. The lowest BCUT2D eigenvalue weighted by atomic mass is 10.0. The highest BCUT2D eigenvalue weighted by molar-refractivity contribution is 5.77. The molecule has 0 bridgehead atoms. The van der Waals surface area contributed by atoms with E-state index in [9.17, 15) is 19.8 Å². The predicted octanol–water partition coefficient (Wildman–Crippen LogP) is 15.6. The Morgan fingerprint density at radius 2 is 0.885 bits per heavy atom. The Bertz CT molecular complexity index is 1090. The van der Waals surface area contributed by atoms with Crippen molar-refractivity contribution in [1.29, 1.82) is 0 Å². The largest absolute Gasteiger partial charge is 0.462 e. The number of rotatable bonds is 46. The van der Waals surface area contributed by atoms with Crippen LogP contribution >= 0.6 is 0 Å². The van der Waals surface area contributed by atoms with E-state index in [4.69, 9.17) is 4.74 Å². The molecule has 0 saturated carbocycles. The molecule has 0 heterocycles. The van der Waals surface area contributed by atoms with Gasteiger partial charge >= 0.3 is 5.97 Å². The van der Waals surface area contributed by atoms with Crippen LogP contribution in [0.2, 0.25) is 0 Å². The maximum Gasteiger partial charge on any atom is 0.306 e. The smallest absolute Gasteiger partial charge is 0.306 e. The molecule has 0 aromatic rings. The van der Waals surface area contributed by atoms with E-state index in [-0.39, 0.29) is 24.9 Å². The summed E-state index contributed by atoms with van der Waals surface area (Å²) < 4.78 is 5.91. The molecule has 0 saturated heterocycles. The first-order chi connectivity index (χ1) is 30.0.